The Bertz CT molecular complexity index is 667. The van der Waals surface area contributed by atoms with E-state index in [0.717, 1.165) is 44.9 Å². The number of halogens is 2. The van der Waals surface area contributed by atoms with Crippen LogP contribution < -0.4 is 0 Å². The molecular formula is C25H40F2O3. The Kier molecular flexibility index (Phi) is 5.77. The first-order valence-electron chi connectivity index (χ1n) is 12.2. The second kappa shape index (κ2) is 7.71. The summed E-state index contributed by atoms with van der Waals surface area (Å²) in [4.78, 5) is 11.6. The van der Waals surface area contributed by atoms with E-state index < -0.39 is 11.3 Å². The van der Waals surface area contributed by atoms with Gasteiger partial charge in [-0.1, -0.05) is 20.8 Å². The summed E-state index contributed by atoms with van der Waals surface area (Å²) >= 11 is 0. The maximum absolute atomic E-state index is 16.1. The van der Waals surface area contributed by atoms with E-state index in [-0.39, 0.29) is 47.6 Å². The zero-order valence-corrected chi connectivity index (χ0v) is 19.1. The first kappa shape index (κ1) is 22.5. The van der Waals surface area contributed by atoms with Crippen molar-refractivity contribution in [1.29, 1.82) is 0 Å². The number of aliphatic hydroxyl groups excluding tert-OH is 1. The molecule has 30 heavy (non-hydrogen) atoms. The van der Waals surface area contributed by atoms with E-state index in [9.17, 15) is 9.90 Å². The van der Waals surface area contributed by atoms with Crippen LogP contribution in [-0.4, -0.2) is 30.2 Å². The molecule has 0 spiro atoms. The number of carbonyl (C=O) groups excluding carboxylic acids is 1. The maximum atomic E-state index is 16.1. The molecule has 3 nitrogen and oxygen atoms in total. The Hall–Kier alpha value is -0.710. The summed E-state index contributed by atoms with van der Waals surface area (Å²) in [7, 11) is 1.39. The smallest absolute Gasteiger partial charge is 0.305 e. The van der Waals surface area contributed by atoms with Crippen molar-refractivity contribution >= 4 is 5.97 Å². The molecule has 0 aromatic rings. The molecule has 4 aliphatic rings. The quantitative estimate of drug-likeness (QED) is 0.575. The van der Waals surface area contributed by atoms with Crippen LogP contribution in [0.5, 0.6) is 0 Å². The Morgan fingerprint density at radius 2 is 1.87 bits per heavy atom. The van der Waals surface area contributed by atoms with Crippen LogP contribution in [0.2, 0.25) is 0 Å². The number of alkyl halides is 2. The van der Waals surface area contributed by atoms with Crippen LogP contribution in [0.4, 0.5) is 8.78 Å². The second-order valence-electron chi connectivity index (χ2n) is 11.6. The summed E-state index contributed by atoms with van der Waals surface area (Å²) in [6.45, 7) is 6.19. The minimum atomic E-state index is -2.68. The van der Waals surface area contributed by atoms with Gasteiger partial charge in [0.1, 0.15) is 0 Å². The van der Waals surface area contributed by atoms with Crippen molar-refractivity contribution in [2.24, 2.45) is 46.3 Å². The van der Waals surface area contributed by atoms with Crippen LogP contribution in [0, 0.1) is 46.3 Å². The molecule has 1 unspecified atom stereocenters. The first-order valence-corrected chi connectivity index (χ1v) is 12.2. The van der Waals surface area contributed by atoms with Crippen molar-refractivity contribution in [2.45, 2.75) is 97.0 Å². The van der Waals surface area contributed by atoms with Crippen molar-refractivity contribution in [2.75, 3.05) is 7.11 Å². The molecule has 4 saturated carbocycles. The number of ether oxygens (including phenoxy) is 1. The maximum Gasteiger partial charge on any atom is 0.305 e. The van der Waals surface area contributed by atoms with Crippen LogP contribution in [0.15, 0.2) is 0 Å². The molecule has 9 atom stereocenters. The Morgan fingerprint density at radius 3 is 2.57 bits per heavy atom. The van der Waals surface area contributed by atoms with Crippen LogP contribution in [0.25, 0.3) is 0 Å². The topological polar surface area (TPSA) is 46.5 Å². The number of hydrogen-bond donors (Lipinski definition) is 1. The Balaban J connectivity index is 1.59. The van der Waals surface area contributed by atoms with Crippen molar-refractivity contribution in [3.63, 3.8) is 0 Å². The van der Waals surface area contributed by atoms with Crippen molar-refractivity contribution < 1.29 is 23.4 Å². The second-order valence-corrected chi connectivity index (χ2v) is 11.6. The zero-order chi connectivity index (χ0) is 21.9. The number of rotatable bonds is 4. The van der Waals surface area contributed by atoms with Gasteiger partial charge in [-0.2, -0.15) is 0 Å². The van der Waals surface area contributed by atoms with Gasteiger partial charge in [0.05, 0.1) is 13.2 Å². The summed E-state index contributed by atoms with van der Waals surface area (Å²) in [5.41, 5.74) is -1.03. The fourth-order valence-electron chi connectivity index (χ4n) is 8.74. The number of esters is 1. The summed E-state index contributed by atoms with van der Waals surface area (Å²) in [5.74, 6) is -1.96. The highest BCUT2D eigenvalue weighted by Crippen LogP contribution is 2.72. The van der Waals surface area contributed by atoms with Crippen molar-refractivity contribution in [3.8, 4) is 0 Å². The molecular weight excluding hydrogens is 386 g/mol. The van der Waals surface area contributed by atoms with Crippen LogP contribution in [0.1, 0.15) is 85.0 Å². The molecule has 0 aromatic carbocycles. The third-order valence-corrected chi connectivity index (χ3v) is 10.5. The van der Waals surface area contributed by atoms with Gasteiger partial charge >= 0.3 is 5.97 Å². The molecule has 4 fully saturated rings. The van der Waals surface area contributed by atoms with E-state index in [4.69, 9.17) is 4.74 Å². The van der Waals surface area contributed by atoms with E-state index >= 15 is 8.78 Å². The molecule has 0 bridgehead atoms. The van der Waals surface area contributed by atoms with Gasteiger partial charge in [-0.05, 0) is 92.3 Å². The minimum Gasteiger partial charge on any atom is -0.469 e. The molecule has 4 rings (SSSR count). The molecule has 0 aliphatic heterocycles. The molecule has 0 radical (unpaired) electrons. The van der Waals surface area contributed by atoms with Crippen LogP contribution >= 0.6 is 0 Å². The highest BCUT2D eigenvalue weighted by Gasteiger charge is 2.70. The van der Waals surface area contributed by atoms with E-state index in [1.807, 2.05) is 6.92 Å². The Morgan fingerprint density at radius 1 is 1.13 bits per heavy atom. The van der Waals surface area contributed by atoms with Gasteiger partial charge in [0.15, 0.2) is 0 Å². The molecule has 0 heterocycles. The highest BCUT2D eigenvalue weighted by atomic mass is 19.3. The third-order valence-electron chi connectivity index (χ3n) is 10.5. The summed E-state index contributed by atoms with van der Waals surface area (Å²) in [6, 6.07) is 0. The Labute approximate surface area is 180 Å². The molecule has 0 aromatic heterocycles. The largest absolute Gasteiger partial charge is 0.469 e. The molecule has 172 valence electrons. The molecule has 0 amide bonds. The van der Waals surface area contributed by atoms with Crippen molar-refractivity contribution in [1.82, 2.24) is 0 Å². The first-order chi connectivity index (χ1) is 14.0. The number of carbonyl (C=O) groups is 1. The molecule has 0 saturated heterocycles. The average Bonchev–Trinajstić information content (AvgIpc) is 3.06. The van der Waals surface area contributed by atoms with Gasteiger partial charge < -0.3 is 9.84 Å². The molecule has 4 aliphatic carbocycles. The van der Waals surface area contributed by atoms with E-state index in [2.05, 4.69) is 13.8 Å². The standard InChI is InChI=1S/C25H40F2O3/c1-15(5-10-22(29)30-4)19-8-9-20-18-7-6-16-13-17(28)11-12-23(16,2)21(18)14-25(26,27)24(19,20)3/h15-21,28H,5-14H2,1-4H3/t15-,16-,17-,18+,19?,20+,21+,23+,24-/m1/s1. The monoisotopic (exact) mass is 426 g/mol. The van der Waals surface area contributed by atoms with Gasteiger partial charge in [-0.3, -0.25) is 4.79 Å². The molecule has 1 N–H and O–H groups in total. The fourth-order valence-corrected chi connectivity index (χ4v) is 8.74. The number of fused-ring (bicyclic) bond motifs is 5. The fraction of sp³-hybridized carbons (Fsp3) is 0.960. The summed E-state index contributed by atoms with van der Waals surface area (Å²) in [6.07, 6.45) is 7.00. The highest BCUT2D eigenvalue weighted by molar-refractivity contribution is 5.69. The zero-order valence-electron chi connectivity index (χ0n) is 19.1. The normalized spacial score (nSPS) is 48.2. The predicted octanol–water partition coefficient (Wildman–Crippen LogP) is 5.84. The van der Waals surface area contributed by atoms with Gasteiger partial charge in [0, 0.05) is 18.3 Å². The van der Waals surface area contributed by atoms with Gasteiger partial charge in [0.2, 0.25) is 0 Å². The lowest BCUT2D eigenvalue weighted by atomic mass is 9.43. The summed E-state index contributed by atoms with van der Waals surface area (Å²) in [5, 5.41) is 10.2. The van der Waals surface area contributed by atoms with E-state index in [0.29, 0.717) is 24.7 Å². The lowest BCUT2D eigenvalue weighted by Gasteiger charge is -2.63. The van der Waals surface area contributed by atoms with Crippen LogP contribution in [0.3, 0.4) is 0 Å². The van der Waals surface area contributed by atoms with Gasteiger partial charge in [-0.15, -0.1) is 0 Å². The van der Waals surface area contributed by atoms with E-state index in [1.54, 1.807) is 0 Å². The molecule has 5 heteroatoms. The SMILES string of the molecule is COC(=O)CC[C@@H](C)C1CC[C@H]2[C@@H]3CC[C@@H]4C[C@H](O)CC[C@]4(C)[C@H]3CC(F)(F)[C@]12C. The lowest BCUT2D eigenvalue weighted by Crippen LogP contribution is -2.61. The van der Waals surface area contributed by atoms with Crippen LogP contribution in [-0.2, 0) is 9.53 Å². The third kappa shape index (κ3) is 3.24. The number of methoxy groups -OCH3 is 1. The summed E-state index contributed by atoms with van der Waals surface area (Å²) < 4.78 is 36.9. The lowest BCUT2D eigenvalue weighted by molar-refractivity contribution is -0.246. The van der Waals surface area contributed by atoms with E-state index in [1.165, 1.54) is 7.11 Å². The minimum absolute atomic E-state index is 0.00792. The van der Waals surface area contributed by atoms with Crippen molar-refractivity contribution in [3.05, 3.63) is 0 Å². The number of hydrogen-bond acceptors (Lipinski definition) is 3. The number of aliphatic hydroxyl groups is 1. The average molecular weight is 427 g/mol. The predicted molar refractivity (Wildman–Crippen MR) is 112 cm³/mol. The van der Waals surface area contributed by atoms with Gasteiger partial charge in [0.25, 0.3) is 5.92 Å². The van der Waals surface area contributed by atoms with Gasteiger partial charge in [-0.25, -0.2) is 8.78 Å².